The van der Waals surface area contributed by atoms with Gasteiger partial charge in [0.25, 0.3) is 0 Å². The molecule has 0 saturated carbocycles. The maximum absolute atomic E-state index is 11.7. The first-order valence-corrected chi connectivity index (χ1v) is 7.69. The molecular weight excluding hydrogens is 242 g/mol. The van der Waals surface area contributed by atoms with Gasteiger partial charge >= 0.3 is 0 Å². The Morgan fingerprint density at radius 2 is 2.28 bits per heavy atom. The number of nitrogens with one attached hydrogen (secondary N) is 1. The standard InChI is InChI=1S/C15H21NOS/c17-15(9-8-14-7-4-12-18-14)16-11-10-13-5-2-1-3-6-13/h4-5,7,12H,1-3,6,8-11H2,(H,16,17). The van der Waals surface area contributed by atoms with Gasteiger partial charge in [0.1, 0.15) is 0 Å². The summed E-state index contributed by atoms with van der Waals surface area (Å²) in [6.07, 6.45) is 9.96. The van der Waals surface area contributed by atoms with Crippen molar-refractivity contribution in [2.45, 2.75) is 44.9 Å². The van der Waals surface area contributed by atoms with Crippen molar-refractivity contribution in [3.63, 3.8) is 0 Å². The van der Waals surface area contributed by atoms with E-state index in [2.05, 4.69) is 22.8 Å². The molecule has 3 heteroatoms. The molecular formula is C15H21NOS. The SMILES string of the molecule is O=C(CCc1cccs1)NCCC1=CCCCC1. The molecule has 0 spiro atoms. The van der Waals surface area contributed by atoms with Crippen LogP contribution in [-0.2, 0) is 11.2 Å². The quantitative estimate of drug-likeness (QED) is 0.779. The zero-order valence-electron chi connectivity index (χ0n) is 10.8. The summed E-state index contributed by atoms with van der Waals surface area (Å²) < 4.78 is 0. The molecule has 0 atom stereocenters. The van der Waals surface area contributed by atoms with Crippen LogP contribution in [0.15, 0.2) is 29.2 Å². The molecule has 0 aromatic carbocycles. The third kappa shape index (κ3) is 4.65. The molecule has 0 unspecified atom stereocenters. The van der Waals surface area contributed by atoms with Gasteiger partial charge in [-0.1, -0.05) is 17.7 Å². The normalized spacial score (nSPS) is 15.2. The maximum atomic E-state index is 11.7. The second-order valence-electron chi connectivity index (χ2n) is 4.79. The molecule has 0 fully saturated rings. The highest BCUT2D eigenvalue weighted by molar-refractivity contribution is 7.09. The summed E-state index contributed by atoms with van der Waals surface area (Å²) in [6, 6.07) is 4.12. The molecule has 0 radical (unpaired) electrons. The van der Waals surface area contributed by atoms with Crippen LogP contribution in [0.2, 0.25) is 0 Å². The van der Waals surface area contributed by atoms with E-state index in [9.17, 15) is 4.79 Å². The smallest absolute Gasteiger partial charge is 0.220 e. The molecule has 18 heavy (non-hydrogen) atoms. The van der Waals surface area contributed by atoms with Crippen molar-refractivity contribution >= 4 is 17.2 Å². The van der Waals surface area contributed by atoms with Gasteiger partial charge in [0.05, 0.1) is 0 Å². The van der Waals surface area contributed by atoms with Crippen LogP contribution in [0, 0.1) is 0 Å². The second-order valence-corrected chi connectivity index (χ2v) is 5.82. The Labute approximate surface area is 113 Å². The van der Waals surface area contributed by atoms with E-state index in [-0.39, 0.29) is 5.91 Å². The van der Waals surface area contributed by atoms with Crippen molar-refractivity contribution in [2.24, 2.45) is 0 Å². The number of rotatable bonds is 6. The fourth-order valence-electron chi connectivity index (χ4n) is 2.27. The van der Waals surface area contributed by atoms with Crippen LogP contribution in [0.25, 0.3) is 0 Å². The summed E-state index contributed by atoms with van der Waals surface area (Å²) in [4.78, 5) is 12.9. The maximum Gasteiger partial charge on any atom is 0.220 e. The molecule has 1 aliphatic carbocycles. The van der Waals surface area contributed by atoms with Gasteiger partial charge in [-0.15, -0.1) is 11.3 Å². The van der Waals surface area contributed by atoms with Gasteiger partial charge in [-0.3, -0.25) is 4.79 Å². The van der Waals surface area contributed by atoms with Crippen molar-refractivity contribution in [1.82, 2.24) is 5.32 Å². The Kier molecular flexibility index (Phi) is 5.46. The average molecular weight is 263 g/mol. The Hall–Kier alpha value is -1.09. The molecule has 1 amide bonds. The van der Waals surface area contributed by atoms with Gasteiger partial charge in [-0.05, 0) is 50.0 Å². The number of thiophene rings is 1. The lowest BCUT2D eigenvalue weighted by Crippen LogP contribution is -2.25. The zero-order valence-corrected chi connectivity index (χ0v) is 11.6. The Bertz CT molecular complexity index is 395. The van der Waals surface area contributed by atoms with Crippen molar-refractivity contribution in [2.75, 3.05) is 6.54 Å². The minimum atomic E-state index is 0.180. The predicted molar refractivity (Wildman–Crippen MR) is 76.8 cm³/mol. The van der Waals surface area contributed by atoms with Gasteiger partial charge in [-0.25, -0.2) is 0 Å². The molecule has 2 rings (SSSR count). The van der Waals surface area contributed by atoms with E-state index in [0.29, 0.717) is 6.42 Å². The minimum Gasteiger partial charge on any atom is -0.356 e. The van der Waals surface area contributed by atoms with Gasteiger partial charge in [-0.2, -0.15) is 0 Å². The van der Waals surface area contributed by atoms with E-state index < -0.39 is 0 Å². The van der Waals surface area contributed by atoms with Crippen molar-refractivity contribution in [3.05, 3.63) is 34.0 Å². The minimum absolute atomic E-state index is 0.180. The number of carbonyl (C=O) groups is 1. The third-order valence-electron chi connectivity index (χ3n) is 3.33. The topological polar surface area (TPSA) is 29.1 Å². The first-order chi connectivity index (χ1) is 8.84. The lowest BCUT2D eigenvalue weighted by atomic mass is 9.97. The van der Waals surface area contributed by atoms with Crippen LogP contribution in [0.5, 0.6) is 0 Å². The molecule has 0 aliphatic heterocycles. The second kappa shape index (κ2) is 7.37. The molecule has 1 N–H and O–H groups in total. The van der Waals surface area contributed by atoms with Crippen LogP contribution < -0.4 is 5.32 Å². The van der Waals surface area contributed by atoms with E-state index in [1.54, 1.807) is 11.3 Å². The molecule has 0 bridgehead atoms. The fourth-order valence-corrected chi connectivity index (χ4v) is 2.98. The summed E-state index contributed by atoms with van der Waals surface area (Å²) in [5.41, 5.74) is 1.53. The van der Waals surface area contributed by atoms with Crippen LogP contribution in [0.4, 0.5) is 0 Å². The first-order valence-electron chi connectivity index (χ1n) is 6.81. The van der Waals surface area contributed by atoms with Crippen molar-refractivity contribution < 1.29 is 4.79 Å². The highest BCUT2D eigenvalue weighted by Gasteiger charge is 2.05. The van der Waals surface area contributed by atoms with Crippen molar-refractivity contribution in [3.8, 4) is 0 Å². The van der Waals surface area contributed by atoms with Crippen LogP contribution in [-0.4, -0.2) is 12.5 Å². The Morgan fingerprint density at radius 1 is 1.33 bits per heavy atom. The lowest BCUT2D eigenvalue weighted by Gasteiger charge is -2.12. The predicted octanol–water partition coefficient (Wildman–Crippen LogP) is 3.69. The van der Waals surface area contributed by atoms with Crippen molar-refractivity contribution in [1.29, 1.82) is 0 Å². The van der Waals surface area contributed by atoms with Crippen LogP contribution >= 0.6 is 11.3 Å². The molecule has 0 saturated heterocycles. The summed E-state index contributed by atoms with van der Waals surface area (Å²) in [7, 11) is 0. The number of hydrogen-bond acceptors (Lipinski definition) is 2. The monoisotopic (exact) mass is 263 g/mol. The highest BCUT2D eigenvalue weighted by atomic mass is 32.1. The van der Waals surface area contributed by atoms with Gasteiger partial charge in [0.15, 0.2) is 0 Å². The van der Waals surface area contributed by atoms with Gasteiger partial charge < -0.3 is 5.32 Å². The number of allylic oxidation sites excluding steroid dienone is 1. The number of hydrogen-bond donors (Lipinski definition) is 1. The van der Waals surface area contributed by atoms with Crippen LogP contribution in [0.3, 0.4) is 0 Å². The summed E-state index contributed by atoms with van der Waals surface area (Å²) in [6.45, 7) is 0.801. The molecule has 2 nitrogen and oxygen atoms in total. The summed E-state index contributed by atoms with van der Waals surface area (Å²) in [5.74, 6) is 0.180. The van der Waals surface area contributed by atoms with E-state index in [1.165, 1.54) is 36.1 Å². The average Bonchev–Trinajstić information content (AvgIpc) is 2.91. The Morgan fingerprint density at radius 3 is 3.00 bits per heavy atom. The number of carbonyl (C=O) groups excluding carboxylic acids is 1. The molecule has 1 aromatic rings. The fraction of sp³-hybridized carbons (Fsp3) is 0.533. The molecule has 98 valence electrons. The largest absolute Gasteiger partial charge is 0.356 e. The Balaban J connectivity index is 1.58. The summed E-state index contributed by atoms with van der Waals surface area (Å²) in [5, 5.41) is 5.08. The molecule has 1 aliphatic rings. The molecule has 1 heterocycles. The molecule has 1 aromatic heterocycles. The summed E-state index contributed by atoms with van der Waals surface area (Å²) >= 11 is 1.72. The van der Waals surface area contributed by atoms with Gasteiger partial charge in [0.2, 0.25) is 5.91 Å². The zero-order chi connectivity index (χ0) is 12.6. The van der Waals surface area contributed by atoms with E-state index in [1.807, 2.05) is 6.07 Å². The number of amides is 1. The number of aryl methyl sites for hydroxylation is 1. The third-order valence-corrected chi connectivity index (χ3v) is 4.27. The van der Waals surface area contributed by atoms with Crippen LogP contribution in [0.1, 0.15) is 43.4 Å². The lowest BCUT2D eigenvalue weighted by molar-refractivity contribution is -0.121. The van der Waals surface area contributed by atoms with Gasteiger partial charge in [0, 0.05) is 17.8 Å². The van der Waals surface area contributed by atoms with E-state index >= 15 is 0 Å². The van der Waals surface area contributed by atoms with E-state index in [4.69, 9.17) is 0 Å². The first kappa shape index (κ1) is 13.3. The highest BCUT2D eigenvalue weighted by Crippen LogP contribution is 2.19. The van der Waals surface area contributed by atoms with E-state index in [0.717, 1.165) is 19.4 Å².